The SMILES string of the molecule is CC(Cc1cc(CC(C)c2ccccc2)c(O)c(-n2nc3ccccc3n2)c1)c1ccccc1. The van der Waals surface area contributed by atoms with Gasteiger partial charge in [0.15, 0.2) is 0 Å². The van der Waals surface area contributed by atoms with Crippen molar-refractivity contribution in [3.8, 4) is 11.4 Å². The first-order valence-electron chi connectivity index (χ1n) is 11.9. The molecule has 4 nitrogen and oxygen atoms in total. The van der Waals surface area contributed by atoms with Crippen LogP contribution in [0.2, 0.25) is 0 Å². The Balaban J connectivity index is 1.55. The van der Waals surface area contributed by atoms with Crippen LogP contribution in [0.5, 0.6) is 5.75 Å². The Morgan fingerprint density at radius 1 is 0.676 bits per heavy atom. The van der Waals surface area contributed by atoms with Gasteiger partial charge in [-0.3, -0.25) is 0 Å². The van der Waals surface area contributed by atoms with Crippen LogP contribution in [-0.4, -0.2) is 20.1 Å². The van der Waals surface area contributed by atoms with Crippen molar-refractivity contribution in [2.45, 2.75) is 38.5 Å². The Labute approximate surface area is 200 Å². The van der Waals surface area contributed by atoms with Gasteiger partial charge in [0.25, 0.3) is 0 Å². The third-order valence-corrected chi connectivity index (χ3v) is 6.54. The molecular weight excluding hydrogens is 418 g/mol. The summed E-state index contributed by atoms with van der Waals surface area (Å²) in [6, 6.07) is 33.0. The van der Waals surface area contributed by atoms with E-state index in [4.69, 9.17) is 0 Å². The number of phenolic OH excluding ortho intramolecular Hbond substituents is 1. The van der Waals surface area contributed by atoms with Crippen molar-refractivity contribution in [1.82, 2.24) is 15.0 Å². The molecule has 5 rings (SSSR count). The van der Waals surface area contributed by atoms with Crippen LogP contribution in [0.15, 0.2) is 97.1 Å². The molecule has 5 aromatic rings. The van der Waals surface area contributed by atoms with Gasteiger partial charge in [-0.2, -0.15) is 0 Å². The predicted octanol–water partition coefficient (Wildman–Crippen LogP) is 6.82. The van der Waals surface area contributed by atoms with E-state index in [1.54, 1.807) is 4.80 Å². The molecule has 0 spiro atoms. The maximum absolute atomic E-state index is 11.3. The molecule has 4 aromatic carbocycles. The zero-order valence-electron chi connectivity index (χ0n) is 19.6. The van der Waals surface area contributed by atoms with E-state index < -0.39 is 0 Å². The Morgan fingerprint density at radius 3 is 1.74 bits per heavy atom. The Bertz CT molecular complexity index is 1360. The van der Waals surface area contributed by atoms with Gasteiger partial charge in [0.2, 0.25) is 0 Å². The summed E-state index contributed by atoms with van der Waals surface area (Å²) in [6.07, 6.45) is 1.60. The highest BCUT2D eigenvalue weighted by Gasteiger charge is 2.18. The Kier molecular flexibility index (Phi) is 6.13. The molecule has 2 unspecified atom stereocenters. The average molecular weight is 448 g/mol. The van der Waals surface area contributed by atoms with E-state index in [1.807, 2.05) is 42.5 Å². The van der Waals surface area contributed by atoms with Crippen molar-refractivity contribution in [3.63, 3.8) is 0 Å². The van der Waals surface area contributed by atoms with E-state index in [1.165, 1.54) is 16.7 Å². The van der Waals surface area contributed by atoms with Crippen LogP contribution in [0.4, 0.5) is 0 Å². The van der Waals surface area contributed by atoms with E-state index in [0.29, 0.717) is 11.6 Å². The molecule has 170 valence electrons. The minimum absolute atomic E-state index is 0.249. The molecule has 0 aliphatic carbocycles. The molecule has 0 aliphatic heterocycles. The lowest BCUT2D eigenvalue weighted by molar-refractivity contribution is 0.458. The number of benzene rings is 4. The third-order valence-electron chi connectivity index (χ3n) is 6.54. The second-order valence-electron chi connectivity index (χ2n) is 9.13. The normalized spacial score (nSPS) is 13.1. The van der Waals surface area contributed by atoms with E-state index in [0.717, 1.165) is 29.4 Å². The Hall–Kier alpha value is -3.92. The zero-order chi connectivity index (χ0) is 23.5. The molecule has 0 amide bonds. The number of phenols is 1. The van der Waals surface area contributed by atoms with Crippen LogP contribution in [0.3, 0.4) is 0 Å². The number of hydrogen-bond donors (Lipinski definition) is 1. The van der Waals surface area contributed by atoms with Gasteiger partial charge in [0.05, 0.1) is 0 Å². The zero-order valence-corrected chi connectivity index (χ0v) is 19.6. The predicted molar refractivity (Wildman–Crippen MR) is 138 cm³/mol. The summed E-state index contributed by atoms with van der Waals surface area (Å²) in [4.78, 5) is 1.58. The summed E-state index contributed by atoms with van der Waals surface area (Å²) in [5.41, 5.74) is 6.90. The van der Waals surface area contributed by atoms with Gasteiger partial charge >= 0.3 is 0 Å². The summed E-state index contributed by atoms with van der Waals surface area (Å²) in [7, 11) is 0. The lowest BCUT2D eigenvalue weighted by atomic mass is 9.89. The number of aromatic hydroxyl groups is 1. The topological polar surface area (TPSA) is 50.9 Å². The molecule has 0 radical (unpaired) electrons. The smallest absolute Gasteiger partial charge is 0.146 e. The van der Waals surface area contributed by atoms with Gasteiger partial charge < -0.3 is 5.11 Å². The van der Waals surface area contributed by atoms with E-state index in [2.05, 4.69) is 78.6 Å². The molecule has 0 fully saturated rings. The fourth-order valence-electron chi connectivity index (χ4n) is 4.62. The number of nitrogens with zero attached hydrogens (tertiary/aromatic N) is 3. The van der Waals surface area contributed by atoms with Crippen LogP contribution in [-0.2, 0) is 12.8 Å². The maximum Gasteiger partial charge on any atom is 0.146 e. The molecule has 0 saturated heterocycles. The fourth-order valence-corrected chi connectivity index (χ4v) is 4.62. The van der Waals surface area contributed by atoms with Gasteiger partial charge in [0, 0.05) is 0 Å². The molecule has 34 heavy (non-hydrogen) atoms. The van der Waals surface area contributed by atoms with Crippen molar-refractivity contribution in [3.05, 3.63) is 119 Å². The van der Waals surface area contributed by atoms with Gasteiger partial charge in [0.1, 0.15) is 22.5 Å². The molecule has 0 bridgehead atoms. The fraction of sp³-hybridized carbons (Fsp3) is 0.200. The van der Waals surface area contributed by atoms with Crippen LogP contribution < -0.4 is 0 Å². The largest absolute Gasteiger partial charge is 0.505 e. The summed E-state index contributed by atoms with van der Waals surface area (Å²) in [5.74, 6) is 0.869. The first kappa shape index (κ1) is 21.9. The lowest BCUT2D eigenvalue weighted by Crippen LogP contribution is -2.07. The van der Waals surface area contributed by atoms with Gasteiger partial charge in [-0.15, -0.1) is 15.0 Å². The highest BCUT2D eigenvalue weighted by atomic mass is 16.3. The number of rotatable bonds is 7. The van der Waals surface area contributed by atoms with Crippen LogP contribution in [0, 0.1) is 0 Å². The number of hydrogen-bond acceptors (Lipinski definition) is 3. The van der Waals surface area contributed by atoms with Crippen LogP contribution in [0.1, 0.15) is 47.9 Å². The Morgan fingerprint density at radius 2 is 1.18 bits per heavy atom. The minimum atomic E-state index is 0.249. The highest BCUT2D eigenvalue weighted by Crippen LogP contribution is 2.34. The minimum Gasteiger partial charge on any atom is -0.505 e. The van der Waals surface area contributed by atoms with Gasteiger partial charge in [-0.25, -0.2) is 0 Å². The van der Waals surface area contributed by atoms with E-state index >= 15 is 0 Å². The summed E-state index contributed by atoms with van der Waals surface area (Å²) in [5, 5.41) is 20.6. The molecule has 1 aromatic heterocycles. The molecule has 0 saturated carbocycles. The summed E-state index contributed by atoms with van der Waals surface area (Å²) >= 11 is 0. The molecular formula is C30H29N3O. The average Bonchev–Trinajstić information content (AvgIpc) is 3.31. The van der Waals surface area contributed by atoms with E-state index in [9.17, 15) is 5.11 Å². The molecule has 4 heteroatoms. The number of aromatic nitrogens is 3. The quantitative estimate of drug-likeness (QED) is 0.298. The van der Waals surface area contributed by atoms with Crippen molar-refractivity contribution >= 4 is 11.0 Å². The first-order valence-corrected chi connectivity index (χ1v) is 11.9. The molecule has 2 atom stereocenters. The molecule has 1 N–H and O–H groups in total. The lowest BCUT2D eigenvalue weighted by Gasteiger charge is -2.18. The third kappa shape index (κ3) is 4.58. The second kappa shape index (κ2) is 9.52. The van der Waals surface area contributed by atoms with Crippen molar-refractivity contribution in [1.29, 1.82) is 0 Å². The van der Waals surface area contributed by atoms with Gasteiger partial charge in [-0.1, -0.05) is 92.7 Å². The molecule has 0 aliphatic rings. The summed E-state index contributed by atoms with van der Waals surface area (Å²) in [6.45, 7) is 4.45. The maximum atomic E-state index is 11.3. The molecule has 1 heterocycles. The highest BCUT2D eigenvalue weighted by molar-refractivity contribution is 5.73. The first-order chi connectivity index (χ1) is 16.6. The standard InChI is InChI=1S/C30H29N3O/c1-21(24-11-5-3-6-12-24)17-23-19-26(18-22(2)25-13-7-4-8-14-25)30(34)29(20-23)33-31-27-15-9-10-16-28(27)32-33/h3-16,19-22,34H,17-18H2,1-2H3. The van der Waals surface area contributed by atoms with Crippen LogP contribution >= 0.6 is 0 Å². The number of fused-ring (bicyclic) bond motifs is 1. The monoisotopic (exact) mass is 447 g/mol. The summed E-state index contributed by atoms with van der Waals surface area (Å²) < 4.78 is 0. The van der Waals surface area contributed by atoms with Gasteiger partial charge in [-0.05, 0) is 65.1 Å². The van der Waals surface area contributed by atoms with E-state index in [-0.39, 0.29) is 11.7 Å². The second-order valence-corrected chi connectivity index (χ2v) is 9.13. The van der Waals surface area contributed by atoms with Crippen molar-refractivity contribution in [2.75, 3.05) is 0 Å². The van der Waals surface area contributed by atoms with Crippen LogP contribution in [0.25, 0.3) is 16.7 Å². The van der Waals surface area contributed by atoms with Crippen molar-refractivity contribution in [2.24, 2.45) is 0 Å². The van der Waals surface area contributed by atoms with Crippen molar-refractivity contribution < 1.29 is 5.11 Å².